The molecule has 5 aromatic rings. The van der Waals surface area contributed by atoms with Crippen LogP contribution in [0.25, 0.3) is 11.1 Å². The minimum Gasteiger partial charge on any atom is -0.507 e. The highest BCUT2D eigenvalue weighted by molar-refractivity contribution is 5.86. The third kappa shape index (κ3) is 4.32. The Morgan fingerprint density at radius 3 is 1.60 bits per heavy atom. The van der Waals surface area contributed by atoms with Gasteiger partial charge in [0.25, 0.3) is 0 Å². The van der Waals surface area contributed by atoms with Gasteiger partial charge in [-0.05, 0) is 100 Å². The summed E-state index contributed by atoms with van der Waals surface area (Å²) in [5.41, 5.74) is 12.5. The van der Waals surface area contributed by atoms with Gasteiger partial charge in [0.05, 0.1) is 5.41 Å². The van der Waals surface area contributed by atoms with E-state index in [-0.39, 0.29) is 5.92 Å². The van der Waals surface area contributed by atoms with Gasteiger partial charge in [-0.1, -0.05) is 112 Å². The zero-order valence-electron chi connectivity index (χ0n) is 25.5. The van der Waals surface area contributed by atoms with Crippen molar-refractivity contribution in [2.75, 3.05) is 0 Å². The number of fused-ring (bicyclic) bond motifs is 3. The number of benzene rings is 5. The summed E-state index contributed by atoms with van der Waals surface area (Å²) < 4.78 is 0. The zero-order chi connectivity index (χ0) is 29.8. The van der Waals surface area contributed by atoms with Gasteiger partial charge in [-0.15, -0.1) is 0 Å². The summed E-state index contributed by atoms with van der Waals surface area (Å²) in [6.45, 7) is 12.6. The van der Waals surface area contributed by atoms with Crippen molar-refractivity contribution in [3.63, 3.8) is 0 Å². The van der Waals surface area contributed by atoms with Gasteiger partial charge in [-0.3, -0.25) is 0 Å². The molecule has 1 unspecified atom stereocenters. The lowest BCUT2D eigenvalue weighted by molar-refractivity contribution is 0.461. The molecule has 0 aliphatic heterocycles. The zero-order valence-corrected chi connectivity index (χ0v) is 25.5. The predicted octanol–water partition coefficient (Wildman–Crippen LogP) is 9.74. The summed E-state index contributed by atoms with van der Waals surface area (Å²) in [4.78, 5) is 0. The van der Waals surface area contributed by atoms with Crippen LogP contribution in [0.2, 0.25) is 0 Å². The van der Waals surface area contributed by atoms with Crippen molar-refractivity contribution < 1.29 is 10.2 Å². The number of hydrogen-bond donors (Lipinski definition) is 2. The maximum atomic E-state index is 11.5. The quantitative estimate of drug-likeness (QED) is 0.216. The fourth-order valence-electron chi connectivity index (χ4n) is 7.14. The molecule has 42 heavy (non-hydrogen) atoms. The Morgan fingerprint density at radius 1 is 0.595 bits per heavy atom. The number of phenols is 2. The van der Waals surface area contributed by atoms with E-state index in [2.05, 4.69) is 118 Å². The van der Waals surface area contributed by atoms with E-state index < -0.39 is 5.41 Å². The largest absolute Gasteiger partial charge is 0.507 e. The number of phenolic OH excluding ortho intramolecular Hbond substituents is 2. The van der Waals surface area contributed by atoms with Crippen LogP contribution in [0.4, 0.5) is 0 Å². The normalized spacial score (nSPS) is 14.1. The fourth-order valence-corrected chi connectivity index (χ4v) is 7.14. The van der Waals surface area contributed by atoms with Crippen LogP contribution < -0.4 is 0 Å². The summed E-state index contributed by atoms with van der Waals surface area (Å²) in [5.74, 6) is 1.30. The van der Waals surface area contributed by atoms with Crippen molar-refractivity contribution in [2.45, 2.75) is 59.3 Å². The Hall–Kier alpha value is -4.30. The molecule has 0 heterocycles. The maximum Gasteiger partial charge on any atom is 0.122 e. The molecule has 5 aromatic carbocycles. The SMILES string of the molecule is Cc1cc(C2(c3cc(C)c(O)c(C(C)c4ccc(CC(C)C)cc4)c3)c3ccccc3-c3ccccc32)cc(C)c1O. The first-order valence-electron chi connectivity index (χ1n) is 15.1. The van der Waals surface area contributed by atoms with E-state index in [0.29, 0.717) is 17.4 Å². The average molecular weight is 553 g/mol. The molecule has 2 N–H and O–H groups in total. The summed E-state index contributed by atoms with van der Waals surface area (Å²) in [6.07, 6.45) is 1.06. The Morgan fingerprint density at radius 2 is 1.07 bits per heavy atom. The summed E-state index contributed by atoms with van der Waals surface area (Å²) in [5, 5.41) is 22.3. The van der Waals surface area contributed by atoms with Gasteiger partial charge >= 0.3 is 0 Å². The van der Waals surface area contributed by atoms with E-state index in [0.717, 1.165) is 39.8 Å². The topological polar surface area (TPSA) is 40.5 Å². The summed E-state index contributed by atoms with van der Waals surface area (Å²) in [6, 6.07) is 34.9. The molecular formula is C40H40O2. The number of rotatable bonds is 6. The first kappa shape index (κ1) is 27.8. The van der Waals surface area contributed by atoms with Crippen LogP contribution in [-0.4, -0.2) is 10.2 Å². The second kappa shape index (κ2) is 10.5. The van der Waals surface area contributed by atoms with Crippen molar-refractivity contribution in [3.05, 3.63) is 153 Å². The predicted molar refractivity (Wildman–Crippen MR) is 174 cm³/mol. The van der Waals surface area contributed by atoms with Gasteiger partial charge < -0.3 is 10.2 Å². The van der Waals surface area contributed by atoms with E-state index in [1.54, 1.807) is 0 Å². The lowest BCUT2D eigenvalue weighted by Gasteiger charge is -2.35. The monoisotopic (exact) mass is 552 g/mol. The van der Waals surface area contributed by atoms with E-state index >= 15 is 0 Å². The molecule has 1 atom stereocenters. The van der Waals surface area contributed by atoms with Crippen molar-refractivity contribution in [1.29, 1.82) is 0 Å². The van der Waals surface area contributed by atoms with Crippen LogP contribution >= 0.6 is 0 Å². The molecule has 0 radical (unpaired) electrons. The smallest absolute Gasteiger partial charge is 0.122 e. The molecule has 0 saturated heterocycles. The molecule has 2 heteroatoms. The van der Waals surface area contributed by atoms with Crippen molar-refractivity contribution in [3.8, 4) is 22.6 Å². The third-order valence-corrected chi connectivity index (χ3v) is 9.23. The first-order chi connectivity index (χ1) is 20.1. The first-order valence-corrected chi connectivity index (χ1v) is 15.1. The molecule has 0 bridgehead atoms. The minimum absolute atomic E-state index is 0.00369. The third-order valence-electron chi connectivity index (χ3n) is 9.23. The molecule has 0 aromatic heterocycles. The van der Waals surface area contributed by atoms with Crippen LogP contribution in [0, 0.1) is 26.7 Å². The van der Waals surface area contributed by atoms with Crippen molar-refractivity contribution >= 4 is 0 Å². The molecule has 1 aliphatic rings. The van der Waals surface area contributed by atoms with Gasteiger partial charge in [-0.25, -0.2) is 0 Å². The van der Waals surface area contributed by atoms with Crippen LogP contribution in [0.3, 0.4) is 0 Å². The van der Waals surface area contributed by atoms with Crippen LogP contribution in [-0.2, 0) is 11.8 Å². The van der Waals surface area contributed by atoms with Gasteiger partial charge in [-0.2, -0.15) is 0 Å². The second-order valence-corrected chi connectivity index (χ2v) is 12.6. The van der Waals surface area contributed by atoms with E-state index in [4.69, 9.17) is 0 Å². The van der Waals surface area contributed by atoms with Gasteiger partial charge in [0.2, 0.25) is 0 Å². The Labute approximate surface area is 250 Å². The van der Waals surface area contributed by atoms with Crippen LogP contribution in [0.1, 0.15) is 82.3 Å². The molecule has 0 spiro atoms. The lowest BCUT2D eigenvalue weighted by Crippen LogP contribution is -2.29. The van der Waals surface area contributed by atoms with E-state index in [9.17, 15) is 10.2 Å². The van der Waals surface area contributed by atoms with E-state index in [1.165, 1.54) is 33.4 Å². The number of aryl methyl sites for hydroxylation is 3. The minimum atomic E-state index is -0.607. The standard InChI is InChI=1S/C40H40O2/c1-24(2)19-29-15-17-30(18-16-29)28(6)35-23-32(22-27(5)39(35)42)40(31-20-25(3)38(41)26(4)21-31)36-13-9-7-11-33(36)34-12-8-10-14-37(34)40/h7-18,20-24,28,41-42H,19H2,1-6H3. The van der Waals surface area contributed by atoms with Gasteiger partial charge in [0.1, 0.15) is 11.5 Å². The summed E-state index contributed by atoms with van der Waals surface area (Å²) in [7, 11) is 0. The van der Waals surface area contributed by atoms with Crippen molar-refractivity contribution in [2.24, 2.45) is 5.92 Å². The average Bonchev–Trinajstić information content (AvgIpc) is 3.28. The molecule has 6 rings (SSSR count). The number of hydrogen-bond acceptors (Lipinski definition) is 2. The number of aromatic hydroxyl groups is 2. The van der Waals surface area contributed by atoms with Crippen LogP contribution in [0.5, 0.6) is 11.5 Å². The Kier molecular flexibility index (Phi) is 6.97. The molecule has 212 valence electrons. The van der Waals surface area contributed by atoms with Crippen LogP contribution in [0.15, 0.2) is 97.1 Å². The highest BCUT2D eigenvalue weighted by Gasteiger charge is 2.46. The van der Waals surface area contributed by atoms with Crippen molar-refractivity contribution in [1.82, 2.24) is 0 Å². The molecular weight excluding hydrogens is 512 g/mol. The molecule has 0 fully saturated rings. The Balaban J connectivity index is 1.63. The Bertz CT molecular complexity index is 1720. The van der Waals surface area contributed by atoms with Gasteiger partial charge in [0, 0.05) is 11.5 Å². The molecule has 2 nitrogen and oxygen atoms in total. The maximum absolute atomic E-state index is 11.5. The highest BCUT2D eigenvalue weighted by atomic mass is 16.3. The molecule has 0 amide bonds. The molecule has 0 saturated carbocycles. The fraction of sp³-hybridized carbons (Fsp3) is 0.250. The van der Waals surface area contributed by atoms with Gasteiger partial charge in [0.15, 0.2) is 0 Å². The highest BCUT2D eigenvalue weighted by Crippen LogP contribution is 2.57. The summed E-state index contributed by atoms with van der Waals surface area (Å²) >= 11 is 0. The van der Waals surface area contributed by atoms with E-state index in [1.807, 2.05) is 20.8 Å². The second-order valence-electron chi connectivity index (χ2n) is 12.6. The lowest BCUT2D eigenvalue weighted by atomic mass is 9.66. The molecule has 1 aliphatic carbocycles.